The van der Waals surface area contributed by atoms with E-state index in [0.29, 0.717) is 24.8 Å². The third-order valence-corrected chi connectivity index (χ3v) is 4.10. The van der Waals surface area contributed by atoms with Crippen LogP contribution in [0.1, 0.15) is 24.5 Å². The lowest BCUT2D eigenvalue weighted by Crippen LogP contribution is -2.41. The monoisotopic (exact) mass is 404 g/mol. The van der Waals surface area contributed by atoms with Crippen molar-refractivity contribution in [2.24, 2.45) is 4.99 Å². The molecule has 2 N–H and O–H groups in total. The summed E-state index contributed by atoms with van der Waals surface area (Å²) in [4.78, 5) is 7.79. The van der Waals surface area contributed by atoms with Crippen LogP contribution in [0, 0.1) is 5.82 Å². The molecular formula is C17H20F4N4OS. The van der Waals surface area contributed by atoms with Gasteiger partial charge in [-0.2, -0.15) is 13.2 Å². The summed E-state index contributed by atoms with van der Waals surface area (Å²) in [6.45, 7) is 4.72. The van der Waals surface area contributed by atoms with Crippen LogP contribution in [0.15, 0.2) is 34.6 Å². The molecule has 0 aliphatic carbocycles. The summed E-state index contributed by atoms with van der Waals surface area (Å²) in [7, 11) is 0. The van der Waals surface area contributed by atoms with E-state index in [1.807, 2.05) is 13.8 Å². The van der Waals surface area contributed by atoms with Crippen LogP contribution in [0.25, 0.3) is 0 Å². The minimum atomic E-state index is -4.45. The summed E-state index contributed by atoms with van der Waals surface area (Å²) in [5.41, 5.74) is -0.906. The Balaban J connectivity index is 1.89. The summed E-state index contributed by atoms with van der Waals surface area (Å²) in [5.74, 6) is 0.636. The zero-order valence-corrected chi connectivity index (χ0v) is 15.6. The molecule has 5 nitrogen and oxygen atoms in total. The van der Waals surface area contributed by atoms with E-state index < -0.39 is 11.9 Å². The maximum absolute atomic E-state index is 12.9. The Morgan fingerprint density at radius 2 is 1.96 bits per heavy atom. The zero-order valence-electron chi connectivity index (χ0n) is 14.8. The first-order chi connectivity index (χ1) is 12.8. The Bertz CT molecular complexity index is 746. The number of thiazole rings is 1. The van der Waals surface area contributed by atoms with Gasteiger partial charge in [0.15, 0.2) is 11.7 Å². The molecule has 0 saturated carbocycles. The summed E-state index contributed by atoms with van der Waals surface area (Å²) < 4.78 is 56.3. The molecule has 2 aromatic rings. The van der Waals surface area contributed by atoms with Crippen LogP contribution in [0.2, 0.25) is 0 Å². The molecule has 0 aliphatic rings. The highest BCUT2D eigenvalue weighted by atomic mass is 32.1. The van der Waals surface area contributed by atoms with E-state index in [1.54, 1.807) is 0 Å². The van der Waals surface area contributed by atoms with E-state index in [0.717, 1.165) is 16.7 Å². The maximum atomic E-state index is 12.9. The third-order valence-electron chi connectivity index (χ3n) is 3.27. The molecule has 1 aromatic carbocycles. The van der Waals surface area contributed by atoms with Crippen LogP contribution in [0.3, 0.4) is 0 Å². The number of nitrogens with zero attached hydrogens (tertiary/aromatic N) is 2. The fourth-order valence-corrected chi connectivity index (χ4v) is 2.75. The number of alkyl halides is 3. The van der Waals surface area contributed by atoms with Crippen LogP contribution < -0.4 is 15.4 Å². The predicted octanol–water partition coefficient (Wildman–Crippen LogP) is 3.82. The fourth-order valence-electron chi connectivity index (χ4n) is 2.03. The highest BCUT2D eigenvalue weighted by molar-refractivity contribution is 7.09. The van der Waals surface area contributed by atoms with Gasteiger partial charge in [-0.3, -0.25) is 0 Å². The normalized spacial score (nSPS) is 13.3. The van der Waals surface area contributed by atoms with Gasteiger partial charge >= 0.3 is 6.18 Å². The number of hydrogen-bond donors (Lipinski definition) is 2. The number of benzene rings is 1. The molecule has 0 amide bonds. The Hall–Kier alpha value is -2.36. The lowest BCUT2D eigenvalue weighted by Gasteiger charge is -2.17. The average molecular weight is 404 g/mol. The van der Waals surface area contributed by atoms with E-state index in [1.165, 1.54) is 24.3 Å². The van der Waals surface area contributed by atoms with Crippen LogP contribution in [-0.2, 0) is 12.7 Å². The Kier molecular flexibility index (Phi) is 7.40. The second-order valence-electron chi connectivity index (χ2n) is 5.58. The number of ether oxygens (including phenoxy) is 1. The third kappa shape index (κ3) is 7.05. The zero-order chi connectivity index (χ0) is 19.9. The van der Waals surface area contributed by atoms with Gasteiger partial charge in [-0.05, 0) is 38.1 Å². The molecule has 0 spiro atoms. The summed E-state index contributed by atoms with van der Waals surface area (Å²) in [6, 6.07) is 5.69. The van der Waals surface area contributed by atoms with E-state index in [2.05, 4.69) is 20.6 Å². The summed E-state index contributed by atoms with van der Waals surface area (Å²) in [5, 5.41) is 7.31. The lowest BCUT2D eigenvalue weighted by atomic mass is 10.3. The maximum Gasteiger partial charge on any atom is 0.434 e. The molecule has 148 valence electrons. The average Bonchev–Trinajstić information content (AvgIpc) is 3.09. The molecule has 0 fully saturated rings. The van der Waals surface area contributed by atoms with E-state index in [9.17, 15) is 17.6 Å². The standard InChI is InChI=1S/C17H20F4N4OS/c1-3-22-16(24-9-15-25-14(10-27-15)17(19,20)21)23-8-11(2)26-13-6-4-12(18)5-7-13/h4-7,10-11H,3,8-9H2,1-2H3,(H2,22,23,24). The number of hydrogen-bond acceptors (Lipinski definition) is 4. The Labute approximate surface area is 158 Å². The minimum absolute atomic E-state index is 0.0310. The van der Waals surface area contributed by atoms with Crippen LogP contribution in [0.5, 0.6) is 5.75 Å². The van der Waals surface area contributed by atoms with Gasteiger partial charge in [0.1, 0.15) is 22.7 Å². The molecule has 10 heteroatoms. The first kappa shape index (κ1) is 20.9. The van der Waals surface area contributed by atoms with Crippen molar-refractivity contribution in [3.8, 4) is 5.75 Å². The van der Waals surface area contributed by atoms with Crippen molar-refractivity contribution in [1.29, 1.82) is 0 Å². The number of aromatic nitrogens is 1. The fraction of sp³-hybridized carbons (Fsp3) is 0.412. The molecule has 0 bridgehead atoms. The summed E-state index contributed by atoms with van der Waals surface area (Å²) in [6.07, 6.45) is -4.69. The molecule has 1 aromatic heterocycles. The quantitative estimate of drug-likeness (QED) is 0.418. The Morgan fingerprint density at radius 1 is 1.26 bits per heavy atom. The number of rotatable bonds is 7. The molecule has 1 heterocycles. The largest absolute Gasteiger partial charge is 0.489 e. The van der Waals surface area contributed by atoms with Gasteiger partial charge in [-0.25, -0.2) is 14.4 Å². The van der Waals surface area contributed by atoms with Gasteiger partial charge < -0.3 is 15.4 Å². The van der Waals surface area contributed by atoms with Gasteiger partial charge in [-0.1, -0.05) is 0 Å². The van der Waals surface area contributed by atoms with Gasteiger partial charge in [0, 0.05) is 11.9 Å². The van der Waals surface area contributed by atoms with Crippen molar-refractivity contribution >= 4 is 17.3 Å². The molecular weight excluding hydrogens is 384 g/mol. The number of nitrogens with one attached hydrogen (secondary N) is 2. The van der Waals surface area contributed by atoms with Crippen molar-refractivity contribution < 1.29 is 22.3 Å². The molecule has 1 unspecified atom stereocenters. The van der Waals surface area contributed by atoms with Gasteiger partial charge in [0.25, 0.3) is 0 Å². The number of halogens is 4. The van der Waals surface area contributed by atoms with E-state index in [4.69, 9.17) is 4.74 Å². The van der Waals surface area contributed by atoms with Gasteiger partial charge in [-0.15, -0.1) is 11.3 Å². The first-order valence-electron chi connectivity index (χ1n) is 8.24. The molecule has 27 heavy (non-hydrogen) atoms. The molecule has 0 saturated heterocycles. The van der Waals surface area contributed by atoms with Gasteiger partial charge in [0.2, 0.25) is 0 Å². The first-order valence-corrected chi connectivity index (χ1v) is 9.12. The van der Waals surface area contributed by atoms with Crippen molar-refractivity contribution in [2.45, 2.75) is 32.7 Å². The van der Waals surface area contributed by atoms with Crippen molar-refractivity contribution in [2.75, 3.05) is 13.1 Å². The van der Waals surface area contributed by atoms with Gasteiger partial charge in [0.05, 0.1) is 13.1 Å². The molecule has 0 radical (unpaired) electrons. The van der Waals surface area contributed by atoms with Crippen LogP contribution >= 0.6 is 11.3 Å². The predicted molar refractivity (Wildman–Crippen MR) is 96.4 cm³/mol. The minimum Gasteiger partial charge on any atom is -0.489 e. The Morgan fingerprint density at radius 3 is 2.56 bits per heavy atom. The van der Waals surface area contributed by atoms with Crippen molar-refractivity contribution in [3.63, 3.8) is 0 Å². The van der Waals surface area contributed by atoms with Crippen LogP contribution in [-0.4, -0.2) is 30.1 Å². The van der Waals surface area contributed by atoms with Crippen LogP contribution in [0.4, 0.5) is 17.6 Å². The second kappa shape index (κ2) is 9.54. The highest BCUT2D eigenvalue weighted by Gasteiger charge is 2.33. The summed E-state index contributed by atoms with van der Waals surface area (Å²) >= 11 is 0.915. The molecule has 2 rings (SSSR count). The van der Waals surface area contributed by atoms with Crippen molar-refractivity contribution in [3.05, 3.63) is 46.2 Å². The smallest absolute Gasteiger partial charge is 0.434 e. The number of guanidine groups is 1. The topological polar surface area (TPSA) is 58.5 Å². The van der Waals surface area contributed by atoms with Crippen molar-refractivity contribution in [1.82, 2.24) is 15.6 Å². The SMILES string of the molecule is CCNC(=NCc1nc(C(F)(F)F)cs1)NCC(C)Oc1ccc(F)cc1. The second-order valence-corrected chi connectivity index (χ2v) is 6.53. The molecule has 1 atom stereocenters. The number of aliphatic imine (C=N–C) groups is 1. The highest BCUT2D eigenvalue weighted by Crippen LogP contribution is 2.30. The van der Waals surface area contributed by atoms with E-state index >= 15 is 0 Å². The van der Waals surface area contributed by atoms with E-state index in [-0.39, 0.29) is 23.5 Å². The lowest BCUT2D eigenvalue weighted by molar-refractivity contribution is -0.140. The molecule has 0 aliphatic heterocycles.